The van der Waals surface area contributed by atoms with Crippen molar-refractivity contribution in [3.05, 3.63) is 84.4 Å². The maximum Gasteiger partial charge on any atom is 0.212 e. The molecule has 4 aromatic rings. The summed E-state index contributed by atoms with van der Waals surface area (Å²) in [6, 6.07) is 18.8. The van der Waals surface area contributed by atoms with Crippen LogP contribution in [0.3, 0.4) is 0 Å². The van der Waals surface area contributed by atoms with E-state index in [1.807, 2.05) is 59.4 Å². The van der Waals surface area contributed by atoms with Gasteiger partial charge in [-0.1, -0.05) is 24.3 Å². The topological polar surface area (TPSA) is 46.4 Å². The highest BCUT2D eigenvalue weighted by Gasteiger charge is 2.21. The van der Waals surface area contributed by atoms with Gasteiger partial charge in [-0.2, -0.15) is 5.10 Å². The number of likely N-dealkylation sites (N-methyl/N-ethyl adjacent to an activating group) is 1. The van der Waals surface area contributed by atoms with E-state index in [1.165, 1.54) is 6.07 Å². The number of hydrogen-bond donors (Lipinski definition) is 0. The molecule has 34 heavy (non-hydrogen) atoms. The standard InChI is InChI=1S/C27H28FN5O/c1-31-13-15-32(16-14-31)19-22-18-30-33(27(22)24-5-3-4-6-25(24)28)23-10-7-20(8-11-23)21-9-12-26(34-2)29-17-21/h3-12,17-18H,13-16,19H2,1-2H3. The molecule has 2 aromatic heterocycles. The lowest BCUT2D eigenvalue weighted by Gasteiger charge is -2.32. The Hall–Kier alpha value is -3.55. The van der Waals surface area contributed by atoms with Crippen molar-refractivity contribution < 1.29 is 9.13 Å². The van der Waals surface area contributed by atoms with Crippen LogP contribution in [0.4, 0.5) is 4.39 Å². The Bertz CT molecular complexity index is 1250. The van der Waals surface area contributed by atoms with E-state index in [2.05, 4.69) is 21.8 Å². The summed E-state index contributed by atoms with van der Waals surface area (Å²) in [5.74, 6) is 0.337. The monoisotopic (exact) mass is 457 g/mol. The van der Waals surface area contributed by atoms with Crippen LogP contribution in [0.15, 0.2) is 73.1 Å². The number of benzene rings is 2. The van der Waals surface area contributed by atoms with Gasteiger partial charge in [0.05, 0.1) is 24.7 Å². The van der Waals surface area contributed by atoms with Crippen LogP contribution in [0.5, 0.6) is 5.88 Å². The van der Waals surface area contributed by atoms with Crippen molar-refractivity contribution in [1.82, 2.24) is 24.6 Å². The van der Waals surface area contributed by atoms with Crippen LogP contribution in [0, 0.1) is 5.82 Å². The van der Waals surface area contributed by atoms with Gasteiger partial charge in [0, 0.05) is 61.7 Å². The van der Waals surface area contributed by atoms with Gasteiger partial charge in [0.15, 0.2) is 0 Å². The van der Waals surface area contributed by atoms with Crippen LogP contribution in [-0.2, 0) is 6.54 Å². The Balaban J connectivity index is 1.49. The van der Waals surface area contributed by atoms with Crippen molar-refractivity contribution in [2.24, 2.45) is 0 Å². The molecule has 3 heterocycles. The second-order valence-electron chi connectivity index (χ2n) is 8.63. The number of halogens is 1. The first-order chi connectivity index (χ1) is 16.6. The molecule has 2 aromatic carbocycles. The molecule has 0 radical (unpaired) electrons. The molecule has 0 bridgehead atoms. The van der Waals surface area contributed by atoms with E-state index >= 15 is 0 Å². The fourth-order valence-electron chi connectivity index (χ4n) is 4.35. The Morgan fingerprint density at radius 2 is 1.62 bits per heavy atom. The molecule has 1 aliphatic heterocycles. The Morgan fingerprint density at radius 1 is 0.882 bits per heavy atom. The number of rotatable bonds is 6. The Labute approximate surface area is 199 Å². The molecule has 7 heteroatoms. The third-order valence-corrected chi connectivity index (χ3v) is 6.35. The van der Waals surface area contributed by atoms with Crippen LogP contribution < -0.4 is 4.74 Å². The molecule has 6 nitrogen and oxygen atoms in total. The molecule has 0 aliphatic carbocycles. The number of pyridine rings is 1. The summed E-state index contributed by atoms with van der Waals surface area (Å²) in [6.45, 7) is 4.79. The van der Waals surface area contributed by atoms with E-state index in [4.69, 9.17) is 9.84 Å². The van der Waals surface area contributed by atoms with Crippen molar-refractivity contribution in [3.8, 4) is 34.0 Å². The molecule has 0 unspecified atom stereocenters. The molecule has 1 aliphatic rings. The van der Waals surface area contributed by atoms with Crippen molar-refractivity contribution in [3.63, 3.8) is 0 Å². The van der Waals surface area contributed by atoms with Gasteiger partial charge in [-0.3, -0.25) is 4.90 Å². The summed E-state index contributed by atoms with van der Waals surface area (Å²) >= 11 is 0. The number of aromatic nitrogens is 3. The molecule has 0 atom stereocenters. The number of methoxy groups -OCH3 is 1. The first-order valence-electron chi connectivity index (χ1n) is 11.5. The predicted octanol–water partition coefficient (Wildman–Crippen LogP) is 4.50. The van der Waals surface area contributed by atoms with Gasteiger partial charge < -0.3 is 9.64 Å². The average molecular weight is 458 g/mol. The molecule has 174 valence electrons. The highest BCUT2D eigenvalue weighted by molar-refractivity contribution is 5.68. The minimum atomic E-state index is -0.246. The Morgan fingerprint density at radius 3 is 2.29 bits per heavy atom. The van der Waals surface area contributed by atoms with Gasteiger partial charge in [0.2, 0.25) is 5.88 Å². The second kappa shape index (κ2) is 9.75. The number of piperazine rings is 1. The summed E-state index contributed by atoms with van der Waals surface area (Å²) in [7, 11) is 3.75. The maximum atomic E-state index is 14.9. The fourth-order valence-corrected chi connectivity index (χ4v) is 4.35. The van der Waals surface area contributed by atoms with Gasteiger partial charge in [0.1, 0.15) is 5.82 Å². The van der Waals surface area contributed by atoms with E-state index in [9.17, 15) is 4.39 Å². The highest BCUT2D eigenvalue weighted by atomic mass is 19.1. The molecule has 1 fully saturated rings. The second-order valence-corrected chi connectivity index (χ2v) is 8.63. The summed E-state index contributed by atoms with van der Waals surface area (Å²) in [4.78, 5) is 9.03. The minimum absolute atomic E-state index is 0.246. The van der Waals surface area contributed by atoms with Crippen molar-refractivity contribution in [2.75, 3.05) is 40.3 Å². The van der Waals surface area contributed by atoms with Gasteiger partial charge in [-0.15, -0.1) is 0 Å². The van der Waals surface area contributed by atoms with Crippen LogP contribution in [0.25, 0.3) is 28.1 Å². The van der Waals surface area contributed by atoms with E-state index in [0.29, 0.717) is 11.4 Å². The first-order valence-corrected chi connectivity index (χ1v) is 11.5. The van der Waals surface area contributed by atoms with Gasteiger partial charge in [-0.25, -0.2) is 14.1 Å². The van der Waals surface area contributed by atoms with E-state index < -0.39 is 0 Å². The van der Waals surface area contributed by atoms with E-state index in [-0.39, 0.29) is 5.82 Å². The average Bonchev–Trinajstić information content (AvgIpc) is 3.29. The number of nitrogens with zero attached hydrogens (tertiary/aromatic N) is 5. The molecule has 0 saturated carbocycles. The van der Waals surface area contributed by atoms with Crippen LogP contribution in [0.1, 0.15) is 5.56 Å². The molecular weight excluding hydrogens is 429 g/mol. The van der Waals surface area contributed by atoms with Gasteiger partial charge in [-0.05, 0) is 42.9 Å². The predicted molar refractivity (Wildman–Crippen MR) is 132 cm³/mol. The van der Waals surface area contributed by atoms with Crippen molar-refractivity contribution in [1.29, 1.82) is 0 Å². The SMILES string of the molecule is COc1ccc(-c2ccc(-n3ncc(CN4CCN(C)CC4)c3-c3ccccc3F)cc2)cn1. The van der Waals surface area contributed by atoms with Crippen LogP contribution in [0.2, 0.25) is 0 Å². The van der Waals surface area contributed by atoms with Gasteiger partial charge in [0.25, 0.3) is 0 Å². The van der Waals surface area contributed by atoms with Crippen LogP contribution in [-0.4, -0.2) is 64.9 Å². The fraction of sp³-hybridized carbons (Fsp3) is 0.259. The Kier molecular flexibility index (Phi) is 6.38. The molecule has 0 amide bonds. The first kappa shape index (κ1) is 22.3. The lowest BCUT2D eigenvalue weighted by molar-refractivity contribution is 0.148. The molecule has 1 saturated heterocycles. The maximum absolute atomic E-state index is 14.9. The lowest BCUT2D eigenvalue weighted by atomic mass is 10.1. The summed E-state index contributed by atoms with van der Waals surface area (Å²) < 4.78 is 21.9. The number of ether oxygens (including phenoxy) is 1. The van der Waals surface area contributed by atoms with Gasteiger partial charge >= 0.3 is 0 Å². The summed E-state index contributed by atoms with van der Waals surface area (Å²) in [5, 5.41) is 4.69. The zero-order valence-electron chi connectivity index (χ0n) is 19.5. The van der Waals surface area contributed by atoms with E-state index in [0.717, 1.165) is 60.8 Å². The minimum Gasteiger partial charge on any atom is -0.481 e. The number of hydrogen-bond acceptors (Lipinski definition) is 5. The zero-order chi connectivity index (χ0) is 23.5. The summed E-state index contributed by atoms with van der Waals surface area (Å²) in [6.07, 6.45) is 3.67. The largest absolute Gasteiger partial charge is 0.481 e. The third kappa shape index (κ3) is 4.58. The quantitative estimate of drug-likeness (QED) is 0.427. The smallest absolute Gasteiger partial charge is 0.212 e. The third-order valence-electron chi connectivity index (χ3n) is 6.35. The van der Waals surface area contributed by atoms with Crippen molar-refractivity contribution >= 4 is 0 Å². The molecule has 0 N–H and O–H groups in total. The summed E-state index contributed by atoms with van der Waals surface area (Å²) in [5.41, 5.74) is 5.31. The van der Waals surface area contributed by atoms with E-state index in [1.54, 1.807) is 19.4 Å². The van der Waals surface area contributed by atoms with Crippen molar-refractivity contribution in [2.45, 2.75) is 6.54 Å². The lowest BCUT2D eigenvalue weighted by Crippen LogP contribution is -2.43. The highest BCUT2D eigenvalue weighted by Crippen LogP contribution is 2.31. The normalized spacial score (nSPS) is 14.9. The van der Waals surface area contributed by atoms with Crippen LogP contribution >= 0.6 is 0 Å². The zero-order valence-corrected chi connectivity index (χ0v) is 19.5. The molecule has 5 rings (SSSR count). The molecule has 0 spiro atoms. The molecular formula is C27H28FN5O.